The monoisotopic (exact) mass is 310 g/mol. The van der Waals surface area contributed by atoms with Crippen molar-refractivity contribution in [1.82, 2.24) is 10.3 Å². The Morgan fingerprint density at radius 2 is 2.35 bits per heavy atom. The van der Waals surface area contributed by atoms with Gasteiger partial charge in [-0.1, -0.05) is 19.8 Å². The van der Waals surface area contributed by atoms with Crippen molar-refractivity contribution in [3.05, 3.63) is 27.9 Å². The maximum absolute atomic E-state index is 11.1. The first-order valence-electron chi connectivity index (χ1n) is 6.64. The highest BCUT2D eigenvalue weighted by Crippen LogP contribution is 2.25. The number of thiazole rings is 1. The average Bonchev–Trinajstić information content (AvgIpc) is 3.09. The summed E-state index contributed by atoms with van der Waals surface area (Å²) >= 11 is 3.24. The Morgan fingerprint density at radius 1 is 1.50 bits per heavy atom. The van der Waals surface area contributed by atoms with Gasteiger partial charge in [0, 0.05) is 22.9 Å². The zero-order valence-electron chi connectivity index (χ0n) is 11.3. The van der Waals surface area contributed by atoms with Crippen molar-refractivity contribution in [3.8, 4) is 10.6 Å². The molecule has 2 N–H and O–H groups in total. The van der Waals surface area contributed by atoms with Crippen LogP contribution in [0.15, 0.2) is 22.2 Å². The fourth-order valence-corrected chi connectivity index (χ4v) is 3.39. The Kier molecular flexibility index (Phi) is 5.70. The highest BCUT2D eigenvalue weighted by Gasteiger charge is 2.16. The van der Waals surface area contributed by atoms with E-state index in [4.69, 9.17) is 5.11 Å². The second kappa shape index (κ2) is 7.52. The summed E-state index contributed by atoms with van der Waals surface area (Å²) in [6, 6.07) is 1.56. The number of aliphatic carboxylic acids is 1. The van der Waals surface area contributed by atoms with Crippen molar-refractivity contribution in [1.29, 1.82) is 0 Å². The number of rotatable bonds is 8. The van der Waals surface area contributed by atoms with Crippen LogP contribution in [-0.2, 0) is 11.3 Å². The van der Waals surface area contributed by atoms with Crippen molar-refractivity contribution >= 4 is 28.6 Å². The number of hydrogen-bond donors (Lipinski definition) is 2. The summed E-state index contributed by atoms with van der Waals surface area (Å²) in [6.45, 7) is 2.56. The molecular formula is C14H18N2O2S2. The van der Waals surface area contributed by atoms with E-state index < -0.39 is 12.0 Å². The van der Waals surface area contributed by atoms with Gasteiger partial charge >= 0.3 is 5.97 Å². The lowest BCUT2D eigenvalue weighted by molar-refractivity contribution is -0.139. The van der Waals surface area contributed by atoms with Crippen LogP contribution in [0.1, 0.15) is 31.9 Å². The van der Waals surface area contributed by atoms with Gasteiger partial charge in [0.05, 0.1) is 5.69 Å². The molecule has 0 aliphatic carbocycles. The van der Waals surface area contributed by atoms with E-state index >= 15 is 0 Å². The van der Waals surface area contributed by atoms with Crippen LogP contribution in [0, 0.1) is 0 Å². The highest BCUT2D eigenvalue weighted by molar-refractivity contribution is 7.14. The van der Waals surface area contributed by atoms with E-state index in [2.05, 4.69) is 22.6 Å². The molecule has 2 heterocycles. The summed E-state index contributed by atoms with van der Waals surface area (Å²) in [6.07, 6.45) is 2.58. The standard InChI is InChI=1S/C14H18N2O2S2/c1-2-3-4-12(14(17)18)15-7-11-9-20-13(16-11)10-5-6-19-8-10/h5-6,8-9,12,15H,2-4,7H2,1H3,(H,17,18)/t12-/m0/s1. The van der Waals surface area contributed by atoms with E-state index in [9.17, 15) is 4.79 Å². The summed E-state index contributed by atoms with van der Waals surface area (Å²) in [5.41, 5.74) is 2.03. The van der Waals surface area contributed by atoms with Gasteiger partial charge in [-0.15, -0.1) is 11.3 Å². The summed E-state index contributed by atoms with van der Waals surface area (Å²) < 4.78 is 0. The molecule has 0 unspecified atom stereocenters. The first kappa shape index (κ1) is 15.2. The van der Waals surface area contributed by atoms with E-state index in [1.165, 1.54) is 0 Å². The molecule has 0 amide bonds. The van der Waals surface area contributed by atoms with Gasteiger partial charge in [-0.05, 0) is 17.9 Å². The number of thiophene rings is 1. The maximum Gasteiger partial charge on any atom is 0.320 e. The van der Waals surface area contributed by atoms with Gasteiger partial charge in [-0.3, -0.25) is 10.1 Å². The predicted octanol–water partition coefficient (Wildman–Crippen LogP) is 3.60. The van der Waals surface area contributed by atoms with Crippen LogP contribution < -0.4 is 5.32 Å². The third kappa shape index (κ3) is 4.13. The number of nitrogens with zero attached hydrogens (tertiary/aromatic N) is 1. The minimum absolute atomic E-state index is 0.485. The highest BCUT2D eigenvalue weighted by atomic mass is 32.1. The van der Waals surface area contributed by atoms with Gasteiger partial charge in [0.2, 0.25) is 0 Å². The van der Waals surface area contributed by atoms with Crippen LogP contribution in [0.5, 0.6) is 0 Å². The van der Waals surface area contributed by atoms with Gasteiger partial charge in [-0.2, -0.15) is 11.3 Å². The lowest BCUT2D eigenvalue weighted by Gasteiger charge is -2.12. The normalized spacial score (nSPS) is 12.4. The smallest absolute Gasteiger partial charge is 0.320 e. The molecule has 0 fully saturated rings. The molecule has 0 radical (unpaired) electrons. The van der Waals surface area contributed by atoms with E-state index in [0.717, 1.165) is 29.1 Å². The van der Waals surface area contributed by atoms with Crippen LogP contribution in [0.3, 0.4) is 0 Å². The fraction of sp³-hybridized carbons (Fsp3) is 0.429. The quantitative estimate of drug-likeness (QED) is 0.782. The molecule has 108 valence electrons. The van der Waals surface area contributed by atoms with E-state index in [1.54, 1.807) is 22.7 Å². The lowest BCUT2D eigenvalue weighted by atomic mass is 10.1. The second-order valence-electron chi connectivity index (χ2n) is 4.57. The summed E-state index contributed by atoms with van der Waals surface area (Å²) in [4.78, 5) is 15.7. The van der Waals surface area contributed by atoms with Gasteiger partial charge in [0.25, 0.3) is 0 Å². The third-order valence-corrected chi connectivity index (χ3v) is 4.62. The fourth-order valence-electron chi connectivity index (χ4n) is 1.86. The Balaban J connectivity index is 1.91. The molecule has 0 spiro atoms. The van der Waals surface area contributed by atoms with Crippen molar-refractivity contribution in [2.75, 3.05) is 0 Å². The van der Waals surface area contributed by atoms with Crippen LogP contribution in [0.25, 0.3) is 10.6 Å². The number of unbranched alkanes of at least 4 members (excludes halogenated alkanes) is 1. The Labute approximate surface area is 126 Å². The maximum atomic E-state index is 11.1. The Bertz CT molecular complexity index is 537. The molecule has 0 aliphatic heterocycles. The van der Waals surface area contributed by atoms with Crippen molar-refractivity contribution in [2.24, 2.45) is 0 Å². The zero-order chi connectivity index (χ0) is 14.4. The second-order valence-corrected chi connectivity index (χ2v) is 6.21. The number of nitrogens with one attached hydrogen (secondary N) is 1. The predicted molar refractivity (Wildman–Crippen MR) is 83.2 cm³/mol. The molecule has 2 aromatic rings. The molecule has 2 rings (SSSR count). The topological polar surface area (TPSA) is 62.2 Å². The minimum atomic E-state index is -0.785. The van der Waals surface area contributed by atoms with E-state index in [0.29, 0.717) is 13.0 Å². The van der Waals surface area contributed by atoms with E-state index in [-0.39, 0.29) is 0 Å². The molecule has 0 saturated carbocycles. The number of carboxylic acid groups (broad SMARTS) is 1. The number of hydrogen-bond acceptors (Lipinski definition) is 5. The van der Waals surface area contributed by atoms with Gasteiger partial charge < -0.3 is 5.11 Å². The van der Waals surface area contributed by atoms with E-state index in [1.807, 2.05) is 16.8 Å². The molecule has 4 nitrogen and oxygen atoms in total. The molecule has 1 atom stereocenters. The third-order valence-electron chi connectivity index (χ3n) is 2.99. The van der Waals surface area contributed by atoms with Gasteiger partial charge in [0.15, 0.2) is 0 Å². The van der Waals surface area contributed by atoms with Crippen molar-refractivity contribution in [2.45, 2.75) is 38.8 Å². The Morgan fingerprint density at radius 3 is 3.00 bits per heavy atom. The zero-order valence-corrected chi connectivity index (χ0v) is 13.0. The van der Waals surface area contributed by atoms with Gasteiger partial charge in [0.1, 0.15) is 11.0 Å². The molecule has 0 bridgehead atoms. The van der Waals surface area contributed by atoms with Crippen molar-refractivity contribution in [3.63, 3.8) is 0 Å². The first-order valence-corrected chi connectivity index (χ1v) is 8.46. The first-order chi connectivity index (χ1) is 9.70. The average molecular weight is 310 g/mol. The molecule has 20 heavy (non-hydrogen) atoms. The number of aromatic nitrogens is 1. The lowest BCUT2D eigenvalue weighted by Crippen LogP contribution is -2.36. The van der Waals surface area contributed by atoms with Crippen LogP contribution in [0.2, 0.25) is 0 Å². The van der Waals surface area contributed by atoms with Gasteiger partial charge in [-0.25, -0.2) is 4.98 Å². The minimum Gasteiger partial charge on any atom is -0.480 e. The van der Waals surface area contributed by atoms with Crippen LogP contribution in [-0.4, -0.2) is 22.1 Å². The molecule has 0 aromatic carbocycles. The Hall–Kier alpha value is -1.24. The largest absolute Gasteiger partial charge is 0.480 e. The number of carbonyl (C=O) groups is 1. The molecule has 0 aliphatic rings. The van der Waals surface area contributed by atoms with Crippen LogP contribution >= 0.6 is 22.7 Å². The number of carboxylic acids is 1. The van der Waals surface area contributed by atoms with Crippen LogP contribution in [0.4, 0.5) is 0 Å². The SMILES string of the molecule is CCCC[C@H](NCc1csc(-c2ccsc2)n1)C(=O)O. The molecular weight excluding hydrogens is 292 g/mol. The molecule has 2 aromatic heterocycles. The summed E-state index contributed by atoms with van der Waals surface area (Å²) in [5, 5.41) is 19.3. The molecule has 6 heteroatoms. The summed E-state index contributed by atoms with van der Waals surface area (Å²) in [7, 11) is 0. The molecule has 0 saturated heterocycles. The van der Waals surface area contributed by atoms with Crippen molar-refractivity contribution < 1.29 is 9.90 Å². The summed E-state index contributed by atoms with van der Waals surface area (Å²) in [5.74, 6) is -0.785.